The van der Waals surface area contributed by atoms with Crippen molar-refractivity contribution < 1.29 is 9.47 Å². The van der Waals surface area contributed by atoms with Crippen molar-refractivity contribution in [2.75, 3.05) is 20.0 Å². The van der Waals surface area contributed by atoms with Gasteiger partial charge in [-0.15, -0.1) is 5.10 Å². The van der Waals surface area contributed by atoms with Gasteiger partial charge in [0.25, 0.3) is 0 Å². The number of hydrogen-bond donors (Lipinski definition) is 2. The van der Waals surface area contributed by atoms with E-state index in [9.17, 15) is 0 Å². The van der Waals surface area contributed by atoms with Crippen LogP contribution in [0.1, 0.15) is 5.56 Å². The number of aromatic amines is 1. The van der Waals surface area contributed by atoms with E-state index in [2.05, 4.69) is 15.2 Å². The molecule has 0 atom stereocenters. The van der Waals surface area contributed by atoms with Crippen molar-refractivity contribution in [3.8, 4) is 22.9 Å². The molecule has 2 rings (SSSR count). The summed E-state index contributed by atoms with van der Waals surface area (Å²) in [7, 11) is 3.22. The van der Waals surface area contributed by atoms with Crippen LogP contribution >= 0.6 is 0 Å². The first kappa shape index (κ1) is 11.3. The zero-order chi connectivity index (χ0) is 12.4. The van der Waals surface area contributed by atoms with E-state index in [0.29, 0.717) is 11.6 Å². The zero-order valence-corrected chi connectivity index (χ0v) is 9.94. The SMILES string of the molecule is COc1cc(-c2nc(N)n[nH]2)c(OC)cc1C. The fourth-order valence-electron chi connectivity index (χ4n) is 1.63. The van der Waals surface area contributed by atoms with Gasteiger partial charge in [-0.25, -0.2) is 0 Å². The van der Waals surface area contributed by atoms with Crippen molar-refractivity contribution in [2.45, 2.75) is 6.92 Å². The first-order valence-electron chi connectivity index (χ1n) is 5.06. The minimum Gasteiger partial charge on any atom is -0.496 e. The Bertz CT molecular complexity index is 536. The monoisotopic (exact) mass is 234 g/mol. The lowest BCUT2D eigenvalue weighted by atomic mass is 10.1. The maximum Gasteiger partial charge on any atom is 0.239 e. The molecule has 17 heavy (non-hydrogen) atoms. The topological polar surface area (TPSA) is 86.0 Å². The van der Waals surface area contributed by atoms with E-state index in [1.165, 1.54) is 0 Å². The maximum absolute atomic E-state index is 5.48. The number of hydrogen-bond acceptors (Lipinski definition) is 5. The molecule has 0 aliphatic carbocycles. The van der Waals surface area contributed by atoms with Gasteiger partial charge < -0.3 is 15.2 Å². The standard InChI is InChI=1S/C11H14N4O2/c1-6-4-9(17-3)7(5-8(6)16-2)10-13-11(12)15-14-10/h4-5H,1-3H3,(H3,12,13,14,15). The summed E-state index contributed by atoms with van der Waals surface area (Å²) in [5.41, 5.74) is 7.23. The van der Waals surface area contributed by atoms with Crippen molar-refractivity contribution >= 4 is 5.95 Å². The largest absolute Gasteiger partial charge is 0.496 e. The van der Waals surface area contributed by atoms with Gasteiger partial charge in [-0.05, 0) is 24.6 Å². The van der Waals surface area contributed by atoms with Crippen molar-refractivity contribution in [3.05, 3.63) is 17.7 Å². The molecule has 6 heteroatoms. The summed E-state index contributed by atoms with van der Waals surface area (Å²) >= 11 is 0. The second kappa shape index (κ2) is 4.32. The van der Waals surface area contributed by atoms with Crippen LogP contribution in [0.25, 0.3) is 11.4 Å². The molecule has 0 unspecified atom stereocenters. The number of rotatable bonds is 3. The van der Waals surface area contributed by atoms with E-state index < -0.39 is 0 Å². The van der Waals surface area contributed by atoms with Gasteiger partial charge in [0.2, 0.25) is 5.95 Å². The Morgan fingerprint density at radius 1 is 1.18 bits per heavy atom. The molecule has 1 aromatic heterocycles. The fraction of sp³-hybridized carbons (Fsp3) is 0.273. The molecule has 0 aliphatic heterocycles. The van der Waals surface area contributed by atoms with Gasteiger partial charge in [-0.3, -0.25) is 5.10 Å². The predicted octanol–water partition coefficient (Wildman–Crippen LogP) is 1.38. The number of methoxy groups -OCH3 is 2. The number of nitrogens with one attached hydrogen (secondary N) is 1. The number of benzene rings is 1. The molecule has 0 saturated carbocycles. The van der Waals surface area contributed by atoms with Gasteiger partial charge in [0.15, 0.2) is 5.82 Å². The van der Waals surface area contributed by atoms with Crippen LogP contribution in [-0.4, -0.2) is 29.4 Å². The average molecular weight is 234 g/mol. The summed E-state index contributed by atoms with van der Waals surface area (Å²) in [5, 5.41) is 6.54. The molecule has 0 aliphatic rings. The van der Waals surface area contributed by atoms with Gasteiger partial charge in [-0.2, -0.15) is 4.98 Å². The van der Waals surface area contributed by atoms with Crippen LogP contribution in [0.3, 0.4) is 0 Å². The van der Waals surface area contributed by atoms with E-state index >= 15 is 0 Å². The summed E-state index contributed by atoms with van der Waals surface area (Å²) in [5.74, 6) is 2.20. The third-order valence-electron chi connectivity index (χ3n) is 2.47. The molecule has 0 bridgehead atoms. The van der Waals surface area contributed by atoms with Crippen LogP contribution in [0.15, 0.2) is 12.1 Å². The van der Waals surface area contributed by atoms with Crippen LogP contribution in [0.4, 0.5) is 5.95 Å². The summed E-state index contributed by atoms with van der Waals surface area (Å²) in [6.07, 6.45) is 0. The quantitative estimate of drug-likeness (QED) is 0.837. The second-order valence-corrected chi connectivity index (χ2v) is 3.56. The van der Waals surface area contributed by atoms with Crippen LogP contribution < -0.4 is 15.2 Å². The van der Waals surface area contributed by atoms with Gasteiger partial charge in [0, 0.05) is 0 Å². The first-order chi connectivity index (χ1) is 8.15. The molecule has 3 N–H and O–H groups in total. The lowest BCUT2D eigenvalue weighted by Gasteiger charge is -2.11. The molecule has 6 nitrogen and oxygen atoms in total. The van der Waals surface area contributed by atoms with Crippen LogP contribution in [0, 0.1) is 6.92 Å². The molecule has 0 saturated heterocycles. The predicted molar refractivity (Wildman–Crippen MR) is 64.1 cm³/mol. The highest BCUT2D eigenvalue weighted by molar-refractivity contribution is 5.68. The van der Waals surface area contributed by atoms with E-state index in [4.69, 9.17) is 15.2 Å². The minimum absolute atomic E-state index is 0.196. The number of nitrogen functional groups attached to an aromatic ring is 1. The van der Waals surface area contributed by atoms with E-state index in [1.54, 1.807) is 14.2 Å². The summed E-state index contributed by atoms with van der Waals surface area (Å²) < 4.78 is 10.6. The number of ether oxygens (including phenoxy) is 2. The number of nitrogens with zero attached hydrogens (tertiary/aromatic N) is 2. The highest BCUT2D eigenvalue weighted by Gasteiger charge is 2.13. The molecule has 1 aromatic carbocycles. The van der Waals surface area contributed by atoms with Crippen molar-refractivity contribution in [1.82, 2.24) is 15.2 Å². The first-order valence-corrected chi connectivity index (χ1v) is 5.06. The Hall–Kier alpha value is -2.24. The molecule has 1 heterocycles. The minimum atomic E-state index is 0.196. The van der Waals surface area contributed by atoms with Crippen LogP contribution in [-0.2, 0) is 0 Å². The number of nitrogens with two attached hydrogens (primary N) is 1. The number of aromatic nitrogens is 3. The Labute approximate surface area is 98.8 Å². The number of aryl methyl sites for hydroxylation is 1. The Kier molecular flexibility index (Phi) is 2.86. The van der Waals surface area contributed by atoms with Crippen molar-refractivity contribution in [1.29, 1.82) is 0 Å². The molecular formula is C11H14N4O2. The Balaban J connectivity index is 2.58. The summed E-state index contributed by atoms with van der Waals surface area (Å²) in [6, 6.07) is 3.72. The normalized spacial score (nSPS) is 10.3. The lowest BCUT2D eigenvalue weighted by Crippen LogP contribution is -1.94. The zero-order valence-electron chi connectivity index (χ0n) is 9.94. The van der Waals surface area contributed by atoms with Gasteiger partial charge >= 0.3 is 0 Å². The van der Waals surface area contributed by atoms with Crippen molar-refractivity contribution in [2.24, 2.45) is 0 Å². The highest BCUT2D eigenvalue weighted by atomic mass is 16.5. The van der Waals surface area contributed by atoms with Crippen molar-refractivity contribution in [3.63, 3.8) is 0 Å². The Morgan fingerprint density at radius 3 is 2.41 bits per heavy atom. The molecule has 0 fully saturated rings. The highest BCUT2D eigenvalue weighted by Crippen LogP contribution is 2.34. The molecule has 2 aromatic rings. The smallest absolute Gasteiger partial charge is 0.239 e. The van der Waals surface area contributed by atoms with E-state index in [1.807, 2.05) is 19.1 Å². The molecular weight excluding hydrogens is 220 g/mol. The third-order valence-corrected chi connectivity index (χ3v) is 2.47. The van der Waals surface area contributed by atoms with Gasteiger partial charge in [-0.1, -0.05) is 0 Å². The van der Waals surface area contributed by atoms with Crippen LogP contribution in [0.2, 0.25) is 0 Å². The number of anilines is 1. The van der Waals surface area contributed by atoms with E-state index in [-0.39, 0.29) is 5.95 Å². The maximum atomic E-state index is 5.48. The van der Waals surface area contributed by atoms with Gasteiger partial charge in [0.05, 0.1) is 19.8 Å². The van der Waals surface area contributed by atoms with Crippen LogP contribution in [0.5, 0.6) is 11.5 Å². The molecule has 0 spiro atoms. The van der Waals surface area contributed by atoms with Gasteiger partial charge in [0.1, 0.15) is 11.5 Å². The summed E-state index contributed by atoms with van der Waals surface area (Å²) in [4.78, 5) is 4.07. The molecule has 90 valence electrons. The Morgan fingerprint density at radius 2 is 1.88 bits per heavy atom. The molecule has 0 amide bonds. The lowest BCUT2D eigenvalue weighted by molar-refractivity contribution is 0.401. The summed E-state index contributed by atoms with van der Waals surface area (Å²) in [6.45, 7) is 1.94. The molecule has 0 radical (unpaired) electrons. The average Bonchev–Trinajstić information content (AvgIpc) is 2.75. The number of H-pyrrole nitrogens is 1. The second-order valence-electron chi connectivity index (χ2n) is 3.56. The third kappa shape index (κ3) is 2.01. The fourth-order valence-corrected chi connectivity index (χ4v) is 1.63. The van der Waals surface area contributed by atoms with E-state index in [0.717, 1.165) is 16.9 Å².